The van der Waals surface area contributed by atoms with Crippen molar-refractivity contribution in [1.29, 1.82) is 0 Å². The number of benzene rings is 1. The molecule has 0 aromatic heterocycles. The van der Waals surface area contributed by atoms with Crippen molar-refractivity contribution in [2.45, 2.75) is 13.0 Å². The highest BCUT2D eigenvalue weighted by atomic mass is 19.1. The molecule has 0 amide bonds. The van der Waals surface area contributed by atoms with Crippen LogP contribution in [0.25, 0.3) is 0 Å². The highest BCUT2D eigenvalue weighted by molar-refractivity contribution is 5.20. The summed E-state index contributed by atoms with van der Waals surface area (Å²) >= 11 is 0. The molecule has 1 N–H and O–H groups in total. The van der Waals surface area contributed by atoms with E-state index in [0.29, 0.717) is 0 Å². The standard InChI is InChI=1S/C8H8F2O/c1-5(11)7-4-6(9)2-3-8(7)10/h2-5,11H,1H3/t5-/m0/s1. The quantitative estimate of drug-likeness (QED) is 0.662. The van der Waals surface area contributed by atoms with Crippen LogP contribution in [0.1, 0.15) is 18.6 Å². The van der Waals surface area contributed by atoms with Crippen molar-refractivity contribution in [3.05, 3.63) is 35.4 Å². The zero-order valence-electron chi connectivity index (χ0n) is 6.01. The molecule has 0 fully saturated rings. The van der Waals surface area contributed by atoms with Gasteiger partial charge in [-0.25, -0.2) is 8.78 Å². The second-order valence-corrected chi connectivity index (χ2v) is 2.34. The average Bonchev–Trinajstić information content (AvgIpc) is 1.94. The molecule has 0 unspecified atom stereocenters. The lowest BCUT2D eigenvalue weighted by Gasteiger charge is -2.04. The summed E-state index contributed by atoms with van der Waals surface area (Å²) in [6.07, 6.45) is -0.967. The van der Waals surface area contributed by atoms with Gasteiger partial charge in [0, 0.05) is 5.56 Å². The summed E-state index contributed by atoms with van der Waals surface area (Å²) in [5, 5.41) is 8.92. The maximum atomic E-state index is 12.7. The van der Waals surface area contributed by atoms with Crippen molar-refractivity contribution in [1.82, 2.24) is 0 Å². The molecule has 1 aromatic carbocycles. The molecular formula is C8H8F2O. The molecule has 0 heterocycles. The molecule has 0 aliphatic rings. The van der Waals surface area contributed by atoms with E-state index in [1.165, 1.54) is 6.92 Å². The third kappa shape index (κ3) is 1.74. The molecule has 0 saturated carbocycles. The molecule has 0 spiro atoms. The summed E-state index contributed by atoms with van der Waals surface area (Å²) in [6.45, 7) is 1.39. The minimum absolute atomic E-state index is 0.00926. The summed E-state index contributed by atoms with van der Waals surface area (Å²) in [5.74, 6) is -1.12. The summed E-state index contributed by atoms with van der Waals surface area (Å²) in [5.41, 5.74) is -0.00926. The largest absolute Gasteiger partial charge is 0.389 e. The number of rotatable bonds is 1. The Labute approximate surface area is 63.3 Å². The predicted molar refractivity (Wildman–Crippen MR) is 37.0 cm³/mol. The fourth-order valence-electron chi connectivity index (χ4n) is 0.835. The summed E-state index contributed by atoms with van der Waals surface area (Å²) < 4.78 is 25.1. The van der Waals surface area contributed by atoms with Crippen molar-refractivity contribution in [2.75, 3.05) is 0 Å². The molecule has 1 nitrogen and oxygen atoms in total. The van der Waals surface area contributed by atoms with Gasteiger partial charge in [-0.1, -0.05) is 0 Å². The smallest absolute Gasteiger partial charge is 0.129 e. The SMILES string of the molecule is C[C@H](O)c1cc(F)ccc1F. The van der Waals surface area contributed by atoms with Gasteiger partial charge in [0.2, 0.25) is 0 Å². The zero-order chi connectivity index (χ0) is 8.43. The van der Waals surface area contributed by atoms with Crippen LogP contribution in [-0.4, -0.2) is 5.11 Å². The third-order valence-electron chi connectivity index (χ3n) is 1.41. The zero-order valence-corrected chi connectivity index (χ0v) is 6.01. The second kappa shape index (κ2) is 2.96. The maximum Gasteiger partial charge on any atom is 0.129 e. The normalized spacial score (nSPS) is 13.1. The van der Waals surface area contributed by atoms with Gasteiger partial charge in [0.05, 0.1) is 6.10 Å². The van der Waals surface area contributed by atoms with Gasteiger partial charge in [-0.15, -0.1) is 0 Å². The molecule has 0 bridgehead atoms. The van der Waals surface area contributed by atoms with Gasteiger partial charge in [-0.2, -0.15) is 0 Å². The lowest BCUT2D eigenvalue weighted by Crippen LogP contribution is -1.96. The summed E-state index contributed by atoms with van der Waals surface area (Å²) in [4.78, 5) is 0. The molecule has 0 radical (unpaired) electrons. The fraction of sp³-hybridized carbons (Fsp3) is 0.250. The Kier molecular flexibility index (Phi) is 2.19. The molecule has 0 aliphatic carbocycles. The van der Waals surface area contributed by atoms with Gasteiger partial charge in [-0.3, -0.25) is 0 Å². The van der Waals surface area contributed by atoms with Crippen LogP contribution in [-0.2, 0) is 0 Å². The van der Waals surface area contributed by atoms with Crippen LogP contribution in [0, 0.1) is 11.6 Å². The lowest BCUT2D eigenvalue weighted by molar-refractivity contribution is 0.193. The first kappa shape index (κ1) is 8.14. The van der Waals surface area contributed by atoms with E-state index >= 15 is 0 Å². The van der Waals surface area contributed by atoms with E-state index in [1.54, 1.807) is 0 Å². The van der Waals surface area contributed by atoms with E-state index in [1.807, 2.05) is 0 Å². The number of hydrogen-bond acceptors (Lipinski definition) is 1. The molecule has 1 rings (SSSR count). The minimum Gasteiger partial charge on any atom is -0.389 e. The first-order valence-electron chi connectivity index (χ1n) is 3.24. The third-order valence-corrected chi connectivity index (χ3v) is 1.41. The van der Waals surface area contributed by atoms with E-state index in [2.05, 4.69) is 0 Å². The van der Waals surface area contributed by atoms with Crippen molar-refractivity contribution in [3.63, 3.8) is 0 Å². The van der Waals surface area contributed by atoms with Gasteiger partial charge in [0.15, 0.2) is 0 Å². The van der Waals surface area contributed by atoms with Crippen molar-refractivity contribution < 1.29 is 13.9 Å². The van der Waals surface area contributed by atoms with E-state index in [4.69, 9.17) is 5.11 Å². The molecule has 0 aliphatic heterocycles. The topological polar surface area (TPSA) is 20.2 Å². The number of aliphatic hydroxyl groups is 1. The Morgan fingerprint density at radius 2 is 2.00 bits per heavy atom. The molecule has 1 atom stereocenters. The number of halogens is 2. The molecule has 0 saturated heterocycles. The maximum absolute atomic E-state index is 12.7. The average molecular weight is 158 g/mol. The summed E-state index contributed by atoms with van der Waals surface area (Å²) in [6, 6.07) is 3.00. The Morgan fingerprint density at radius 1 is 1.36 bits per heavy atom. The predicted octanol–water partition coefficient (Wildman–Crippen LogP) is 2.02. The first-order chi connectivity index (χ1) is 5.11. The van der Waals surface area contributed by atoms with Crippen LogP contribution >= 0.6 is 0 Å². The van der Waals surface area contributed by atoms with Crippen molar-refractivity contribution in [3.8, 4) is 0 Å². The summed E-state index contributed by atoms with van der Waals surface area (Å²) in [7, 11) is 0. The van der Waals surface area contributed by atoms with Crippen LogP contribution in [0.4, 0.5) is 8.78 Å². The van der Waals surface area contributed by atoms with E-state index in [9.17, 15) is 8.78 Å². The van der Waals surface area contributed by atoms with Crippen LogP contribution < -0.4 is 0 Å². The van der Waals surface area contributed by atoms with E-state index < -0.39 is 17.7 Å². The molecule has 1 aromatic rings. The Balaban J connectivity index is 3.13. The van der Waals surface area contributed by atoms with Crippen molar-refractivity contribution >= 4 is 0 Å². The van der Waals surface area contributed by atoms with Crippen LogP contribution in [0.5, 0.6) is 0 Å². The first-order valence-corrected chi connectivity index (χ1v) is 3.24. The van der Waals surface area contributed by atoms with E-state index in [-0.39, 0.29) is 5.56 Å². The van der Waals surface area contributed by atoms with Gasteiger partial charge in [0.25, 0.3) is 0 Å². The van der Waals surface area contributed by atoms with E-state index in [0.717, 1.165) is 18.2 Å². The van der Waals surface area contributed by atoms with Crippen LogP contribution in [0.15, 0.2) is 18.2 Å². The monoisotopic (exact) mass is 158 g/mol. The number of aliphatic hydroxyl groups excluding tert-OH is 1. The van der Waals surface area contributed by atoms with Gasteiger partial charge < -0.3 is 5.11 Å². The van der Waals surface area contributed by atoms with Crippen molar-refractivity contribution in [2.24, 2.45) is 0 Å². The second-order valence-electron chi connectivity index (χ2n) is 2.34. The molecular weight excluding hydrogens is 150 g/mol. The molecule has 60 valence electrons. The molecule has 3 heteroatoms. The van der Waals surface area contributed by atoms with Gasteiger partial charge in [-0.05, 0) is 25.1 Å². The van der Waals surface area contributed by atoms with Gasteiger partial charge in [0.1, 0.15) is 11.6 Å². The van der Waals surface area contributed by atoms with Crippen LogP contribution in [0.3, 0.4) is 0 Å². The minimum atomic E-state index is -0.967. The number of hydrogen-bond donors (Lipinski definition) is 1. The highest BCUT2D eigenvalue weighted by Crippen LogP contribution is 2.16. The van der Waals surface area contributed by atoms with Crippen LogP contribution in [0.2, 0.25) is 0 Å². The van der Waals surface area contributed by atoms with Gasteiger partial charge >= 0.3 is 0 Å². The Bertz CT molecular complexity index is 258. The Morgan fingerprint density at radius 3 is 2.45 bits per heavy atom. The lowest BCUT2D eigenvalue weighted by atomic mass is 10.1. The highest BCUT2D eigenvalue weighted by Gasteiger charge is 2.07. The molecule has 11 heavy (non-hydrogen) atoms. The Hall–Kier alpha value is -0.960. The fourth-order valence-corrected chi connectivity index (χ4v) is 0.835.